The van der Waals surface area contributed by atoms with Gasteiger partial charge >= 0.3 is 6.09 Å². The van der Waals surface area contributed by atoms with Crippen molar-refractivity contribution in [3.05, 3.63) is 0 Å². The fourth-order valence-electron chi connectivity index (χ4n) is 3.24. The Labute approximate surface area is 128 Å². The minimum absolute atomic E-state index is 0.201. The quantitative estimate of drug-likeness (QED) is 0.851. The predicted octanol–water partition coefficient (Wildman–Crippen LogP) is 2.54. The normalized spacial score (nSPS) is 31.7. The molecule has 1 N–H and O–H groups in total. The summed E-state index contributed by atoms with van der Waals surface area (Å²) in [5, 5.41) is 3.02. The Kier molecular flexibility index (Phi) is 5.49. The lowest BCUT2D eigenvalue weighted by Gasteiger charge is -2.41. The number of nitrogens with zero attached hydrogens (tertiary/aromatic N) is 1. The lowest BCUT2D eigenvalue weighted by Crippen LogP contribution is -2.53. The molecular weight excluding hydrogens is 268 g/mol. The molecule has 0 aromatic rings. The maximum atomic E-state index is 11.9. The van der Waals surface area contributed by atoms with E-state index in [2.05, 4.69) is 17.1 Å². The summed E-state index contributed by atoms with van der Waals surface area (Å²) in [4.78, 5) is 14.4. The summed E-state index contributed by atoms with van der Waals surface area (Å²) in [6, 6.07) is 0.795. The first-order valence-corrected chi connectivity index (χ1v) is 8.18. The van der Waals surface area contributed by atoms with Gasteiger partial charge in [-0.3, -0.25) is 4.90 Å². The topological polar surface area (TPSA) is 50.8 Å². The third-order valence-electron chi connectivity index (χ3n) is 4.15. The van der Waals surface area contributed by atoms with E-state index >= 15 is 0 Å². The number of hydrogen-bond acceptors (Lipinski definition) is 4. The second kappa shape index (κ2) is 6.97. The second-order valence-electron chi connectivity index (χ2n) is 7.34. The van der Waals surface area contributed by atoms with Crippen LogP contribution in [0.4, 0.5) is 4.79 Å². The van der Waals surface area contributed by atoms with Crippen LogP contribution >= 0.6 is 0 Å². The van der Waals surface area contributed by atoms with Crippen LogP contribution in [0, 0.1) is 0 Å². The molecule has 5 nitrogen and oxygen atoms in total. The van der Waals surface area contributed by atoms with Gasteiger partial charge < -0.3 is 14.8 Å². The molecule has 0 aromatic heterocycles. The van der Waals surface area contributed by atoms with Crippen molar-refractivity contribution in [2.45, 2.75) is 77.2 Å². The van der Waals surface area contributed by atoms with Crippen LogP contribution in [0.15, 0.2) is 0 Å². The summed E-state index contributed by atoms with van der Waals surface area (Å²) in [6.07, 6.45) is 4.42. The molecule has 0 saturated carbocycles. The van der Waals surface area contributed by atoms with E-state index in [4.69, 9.17) is 9.47 Å². The smallest absolute Gasteiger partial charge is 0.407 e. The van der Waals surface area contributed by atoms with Crippen molar-refractivity contribution in [3.63, 3.8) is 0 Å². The van der Waals surface area contributed by atoms with E-state index in [1.807, 2.05) is 20.8 Å². The first-order chi connectivity index (χ1) is 9.83. The van der Waals surface area contributed by atoms with Crippen LogP contribution in [-0.2, 0) is 9.47 Å². The van der Waals surface area contributed by atoms with Gasteiger partial charge in [-0.05, 0) is 59.9 Å². The van der Waals surface area contributed by atoms with Gasteiger partial charge in [0.05, 0.1) is 6.10 Å². The zero-order valence-corrected chi connectivity index (χ0v) is 13.9. The van der Waals surface area contributed by atoms with Crippen LogP contribution in [0.3, 0.4) is 0 Å². The van der Waals surface area contributed by atoms with Gasteiger partial charge in [0.15, 0.2) is 0 Å². The second-order valence-corrected chi connectivity index (χ2v) is 7.34. The molecular formula is C16H30N2O3. The fraction of sp³-hybridized carbons (Fsp3) is 0.938. The molecule has 0 aromatic carbocycles. The maximum Gasteiger partial charge on any atom is 0.407 e. The van der Waals surface area contributed by atoms with Crippen LogP contribution in [-0.4, -0.2) is 54.5 Å². The van der Waals surface area contributed by atoms with Crippen molar-refractivity contribution in [2.24, 2.45) is 0 Å². The molecule has 2 aliphatic rings. The number of likely N-dealkylation sites (tertiary alicyclic amines) is 1. The monoisotopic (exact) mass is 298 g/mol. The van der Waals surface area contributed by atoms with Gasteiger partial charge in [-0.1, -0.05) is 0 Å². The van der Waals surface area contributed by atoms with Crippen LogP contribution in [0.1, 0.15) is 53.4 Å². The predicted molar refractivity (Wildman–Crippen MR) is 82.4 cm³/mol. The summed E-state index contributed by atoms with van der Waals surface area (Å²) < 4.78 is 11.0. The van der Waals surface area contributed by atoms with E-state index in [-0.39, 0.29) is 12.1 Å². The first kappa shape index (κ1) is 16.6. The highest BCUT2D eigenvalue weighted by Crippen LogP contribution is 2.23. The Hall–Kier alpha value is -0.810. The van der Waals surface area contributed by atoms with Crippen molar-refractivity contribution < 1.29 is 14.3 Å². The molecule has 2 rings (SSSR count). The molecule has 0 bridgehead atoms. The van der Waals surface area contributed by atoms with Crippen LogP contribution in [0.2, 0.25) is 0 Å². The van der Waals surface area contributed by atoms with E-state index in [0.29, 0.717) is 12.1 Å². The highest BCUT2D eigenvalue weighted by Gasteiger charge is 2.30. The van der Waals surface area contributed by atoms with Crippen molar-refractivity contribution in [2.75, 3.05) is 19.7 Å². The minimum Gasteiger partial charge on any atom is -0.444 e. The molecule has 0 spiro atoms. The Bertz CT molecular complexity index is 354. The van der Waals surface area contributed by atoms with Crippen molar-refractivity contribution >= 4 is 6.09 Å². The fourth-order valence-corrected chi connectivity index (χ4v) is 3.24. The van der Waals surface area contributed by atoms with Crippen LogP contribution in [0.5, 0.6) is 0 Å². The Morgan fingerprint density at radius 2 is 2.10 bits per heavy atom. The largest absolute Gasteiger partial charge is 0.444 e. The number of amides is 1. The number of hydrogen-bond donors (Lipinski definition) is 1. The Morgan fingerprint density at radius 3 is 2.76 bits per heavy atom. The van der Waals surface area contributed by atoms with Gasteiger partial charge in [0.25, 0.3) is 0 Å². The van der Waals surface area contributed by atoms with E-state index in [9.17, 15) is 4.79 Å². The summed E-state index contributed by atoms with van der Waals surface area (Å²) in [5.74, 6) is 0. The molecule has 2 saturated heterocycles. The van der Waals surface area contributed by atoms with Gasteiger partial charge in [-0.15, -0.1) is 0 Å². The SMILES string of the molecule is C[C@@H]1C[C@@H](N2CCCC(NC(=O)OC(C)(C)C)C2)CCO1. The summed E-state index contributed by atoms with van der Waals surface area (Å²) in [6.45, 7) is 10.7. The number of ether oxygens (including phenoxy) is 2. The van der Waals surface area contributed by atoms with Crippen molar-refractivity contribution in [3.8, 4) is 0 Å². The molecule has 0 aliphatic carbocycles. The highest BCUT2D eigenvalue weighted by atomic mass is 16.6. The molecule has 21 heavy (non-hydrogen) atoms. The zero-order chi connectivity index (χ0) is 15.5. The first-order valence-electron chi connectivity index (χ1n) is 8.18. The molecule has 1 unspecified atom stereocenters. The molecule has 2 heterocycles. The van der Waals surface area contributed by atoms with E-state index in [1.54, 1.807) is 0 Å². The van der Waals surface area contributed by atoms with Crippen LogP contribution in [0.25, 0.3) is 0 Å². The third-order valence-corrected chi connectivity index (χ3v) is 4.15. The lowest BCUT2D eigenvalue weighted by atomic mass is 9.97. The average Bonchev–Trinajstić information content (AvgIpc) is 2.36. The zero-order valence-electron chi connectivity index (χ0n) is 13.9. The van der Waals surface area contributed by atoms with E-state index < -0.39 is 5.60 Å². The van der Waals surface area contributed by atoms with Crippen molar-refractivity contribution in [1.29, 1.82) is 0 Å². The van der Waals surface area contributed by atoms with E-state index in [0.717, 1.165) is 45.4 Å². The summed E-state index contributed by atoms with van der Waals surface area (Å²) in [7, 11) is 0. The number of nitrogens with one attached hydrogen (secondary N) is 1. The van der Waals surface area contributed by atoms with Crippen LogP contribution < -0.4 is 5.32 Å². The average molecular weight is 298 g/mol. The number of piperidine rings is 1. The van der Waals surface area contributed by atoms with Gasteiger partial charge in [0, 0.05) is 25.2 Å². The Morgan fingerprint density at radius 1 is 1.33 bits per heavy atom. The summed E-state index contributed by atoms with van der Waals surface area (Å²) in [5.41, 5.74) is -0.436. The van der Waals surface area contributed by atoms with Gasteiger partial charge in [0.2, 0.25) is 0 Å². The van der Waals surface area contributed by atoms with Gasteiger partial charge in [0.1, 0.15) is 5.60 Å². The molecule has 3 atom stereocenters. The molecule has 1 amide bonds. The number of carbonyl (C=O) groups excluding carboxylic acids is 1. The third kappa shape index (κ3) is 5.47. The molecule has 5 heteroatoms. The highest BCUT2D eigenvalue weighted by molar-refractivity contribution is 5.68. The Balaban J connectivity index is 1.81. The molecule has 0 radical (unpaired) electrons. The molecule has 122 valence electrons. The molecule has 2 fully saturated rings. The van der Waals surface area contributed by atoms with Gasteiger partial charge in [-0.25, -0.2) is 4.79 Å². The number of alkyl carbamates (subject to hydrolysis) is 1. The lowest BCUT2D eigenvalue weighted by molar-refractivity contribution is -0.0248. The number of carbonyl (C=O) groups is 1. The van der Waals surface area contributed by atoms with Gasteiger partial charge in [-0.2, -0.15) is 0 Å². The maximum absolute atomic E-state index is 11.9. The van der Waals surface area contributed by atoms with Crippen molar-refractivity contribution in [1.82, 2.24) is 10.2 Å². The minimum atomic E-state index is -0.436. The standard InChI is InChI=1S/C16H30N2O3/c1-12-10-14(7-9-20-12)18-8-5-6-13(11-18)17-15(19)21-16(2,3)4/h12-14H,5-11H2,1-4H3,(H,17,19)/t12-,13?,14+/m1/s1. The van der Waals surface area contributed by atoms with E-state index in [1.165, 1.54) is 0 Å². The molecule has 2 aliphatic heterocycles. The summed E-state index contributed by atoms with van der Waals surface area (Å²) >= 11 is 0. The number of rotatable bonds is 2.